The summed E-state index contributed by atoms with van der Waals surface area (Å²) in [4.78, 5) is 55.0. The van der Waals surface area contributed by atoms with E-state index in [-0.39, 0.29) is 6.42 Å². The predicted octanol–water partition coefficient (Wildman–Crippen LogP) is -19.9. The average Bonchev–Trinajstić information content (AvgIpc) is 0.802. The lowest BCUT2D eigenvalue weighted by atomic mass is 9.97. The summed E-state index contributed by atoms with van der Waals surface area (Å²) in [5, 5.41) is 316. The standard InChI is InChI=1S/C16H24O12.3C15H26O11.C14H24O12/c1-2-3-8(18)25-5-7-10(20)12(22)14(24)16(27-7)28-15-13(23)11(21)9(19)6(4-17)26-15;3*1-3-6-8(17)10(19)12(21)14(24-6)26-15-13(22)11(20)9(18)7(25-15)4-23-5(2)16;1-4(16)23-3-6-8(18)10(20)12(22)14(25-6)26-13-11(21)9(19)7(17)5(2-15)24-13/h1,6-7,9-17,19-24H,3-5H2;3*6-15,17-22H,3-4H2,1-2H3;5-15,17-22H,2-3H2,1H3/t6?,7?,9-,10-,11?,12+,13-,14?,15-,16-;3*6?,7?,8-,9-,10?,11+,12-,13?,14-,15-;5?,6?,7-,8-,9?,10+,11-,12?,13-,14-/m11111/s1. The molecule has 10 fully saturated rings. The van der Waals surface area contributed by atoms with Crippen molar-refractivity contribution in [2.75, 3.05) is 46.2 Å². The minimum absolute atomic E-state index is 0.315. The number of aliphatic hydroxyl groups excluding tert-OH is 32. The third-order valence-corrected chi connectivity index (χ3v) is 22.1. The van der Waals surface area contributed by atoms with Crippen LogP contribution in [0.3, 0.4) is 0 Å². The molecule has 20 unspecified atom stereocenters. The van der Waals surface area contributed by atoms with E-state index in [0.29, 0.717) is 19.3 Å². The Morgan fingerprint density at radius 2 is 0.356 bits per heavy atom. The average molecular weight is 1940 g/mol. The lowest BCUT2D eigenvalue weighted by molar-refractivity contribution is -0.376. The topological polar surface area (TPSA) is 917 Å². The zero-order valence-corrected chi connectivity index (χ0v) is 71.7. The number of carbonyl (C=O) groups is 5. The van der Waals surface area contributed by atoms with Crippen LogP contribution in [0.15, 0.2) is 0 Å². The molecule has 10 heterocycles. The van der Waals surface area contributed by atoms with Crippen molar-refractivity contribution < 1.29 is 282 Å². The molecule has 0 saturated carbocycles. The first-order chi connectivity index (χ1) is 61.9. The van der Waals surface area contributed by atoms with E-state index >= 15 is 0 Å². The summed E-state index contributed by atoms with van der Waals surface area (Å²) in [6, 6.07) is 0. The Kier molecular flexibility index (Phi) is 46.8. The molecule has 10 aliphatic heterocycles. The number of carbonyl (C=O) groups excluding carboxylic acids is 5. The largest absolute Gasteiger partial charge is 0.463 e. The maximum atomic E-state index is 11.3. The van der Waals surface area contributed by atoms with Crippen molar-refractivity contribution >= 4 is 29.8 Å². The lowest BCUT2D eigenvalue weighted by Crippen LogP contribution is -2.63. The summed E-state index contributed by atoms with van der Waals surface area (Å²) in [6.07, 6.45) is -69.9. The molecule has 57 nitrogen and oxygen atoms in total. The Balaban J connectivity index is 0.000000254. The van der Waals surface area contributed by atoms with E-state index < -0.39 is 383 Å². The molecule has 768 valence electrons. The first kappa shape index (κ1) is 116. The molecule has 10 aliphatic rings. The summed E-state index contributed by atoms with van der Waals surface area (Å²) in [5.74, 6) is -1.26. The van der Waals surface area contributed by atoms with Gasteiger partial charge in [-0.3, -0.25) is 24.0 Å². The van der Waals surface area contributed by atoms with Crippen LogP contribution in [-0.4, -0.2) is 547 Å². The van der Waals surface area contributed by atoms with Crippen molar-refractivity contribution in [2.45, 2.75) is 381 Å². The van der Waals surface area contributed by atoms with Crippen molar-refractivity contribution in [2.24, 2.45) is 0 Å². The highest BCUT2D eigenvalue weighted by Gasteiger charge is 2.57. The van der Waals surface area contributed by atoms with Gasteiger partial charge < -0.3 is 258 Å². The second kappa shape index (κ2) is 53.4. The van der Waals surface area contributed by atoms with Gasteiger partial charge in [0.15, 0.2) is 62.9 Å². The monoisotopic (exact) mass is 1940 g/mol. The first-order valence-electron chi connectivity index (χ1n) is 41.5. The van der Waals surface area contributed by atoms with Crippen LogP contribution in [0.2, 0.25) is 0 Å². The zero-order chi connectivity index (χ0) is 99.4. The van der Waals surface area contributed by atoms with Crippen LogP contribution in [0.4, 0.5) is 0 Å². The van der Waals surface area contributed by atoms with Gasteiger partial charge in [0.25, 0.3) is 0 Å². The van der Waals surface area contributed by atoms with Crippen molar-refractivity contribution in [1.82, 2.24) is 0 Å². The number of aliphatic hydroxyl groups is 32. The molecule has 132 heavy (non-hydrogen) atoms. The molecule has 0 aliphatic carbocycles. The van der Waals surface area contributed by atoms with Crippen molar-refractivity contribution in [3.05, 3.63) is 0 Å². The van der Waals surface area contributed by atoms with Crippen molar-refractivity contribution in [1.29, 1.82) is 0 Å². The molecule has 0 spiro atoms. The molecule has 10 saturated heterocycles. The Hall–Kier alpha value is -4.97. The molecule has 0 radical (unpaired) electrons. The molecule has 0 aromatic rings. The van der Waals surface area contributed by atoms with Gasteiger partial charge in [0, 0.05) is 27.7 Å². The van der Waals surface area contributed by atoms with Gasteiger partial charge in [0.2, 0.25) is 0 Å². The summed E-state index contributed by atoms with van der Waals surface area (Å²) in [6.45, 7) is 6.13. The van der Waals surface area contributed by atoms with Crippen LogP contribution in [-0.2, 0) is 119 Å². The Morgan fingerprint density at radius 1 is 0.220 bits per heavy atom. The zero-order valence-electron chi connectivity index (χ0n) is 71.7. The maximum absolute atomic E-state index is 11.3. The molecule has 0 aromatic heterocycles. The summed E-state index contributed by atoms with van der Waals surface area (Å²) in [7, 11) is 0. The van der Waals surface area contributed by atoms with Crippen molar-refractivity contribution in [3.63, 3.8) is 0 Å². The summed E-state index contributed by atoms with van der Waals surface area (Å²) in [5.41, 5.74) is 0. The van der Waals surface area contributed by atoms with E-state index in [2.05, 4.69) is 5.92 Å². The quantitative estimate of drug-likeness (QED) is 0.0217. The van der Waals surface area contributed by atoms with E-state index in [4.69, 9.17) is 106 Å². The van der Waals surface area contributed by atoms with Crippen molar-refractivity contribution in [3.8, 4) is 12.3 Å². The molecule has 57 heteroatoms. The number of rotatable bonds is 26. The van der Waals surface area contributed by atoms with Gasteiger partial charge in [-0.2, -0.15) is 0 Å². The minimum Gasteiger partial charge on any atom is -0.463 e. The molecule has 10 rings (SSSR count). The first-order valence-corrected chi connectivity index (χ1v) is 41.5. The lowest BCUT2D eigenvalue weighted by Gasteiger charge is -2.44. The fourth-order valence-electron chi connectivity index (χ4n) is 14.1. The van der Waals surface area contributed by atoms with Crippen LogP contribution in [0.25, 0.3) is 0 Å². The predicted molar refractivity (Wildman–Crippen MR) is 408 cm³/mol. The highest BCUT2D eigenvalue weighted by atomic mass is 16.8. The third kappa shape index (κ3) is 30.0. The summed E-state index contributed by atoms with van der Waals surface area (Å²) < 4.78 is 103. The third-order valence-electron chi connectivity index (χ3n) is 22.1. The van der Waals surface area contributed by atoms with E-state index in [1.807, 2.05) is 0 Å². The van der Waals surface area contributed by atoms with Gasteiger partial charge in [-0.05, 0) is 19.3 Å². The number of hydrogen-bond acceptors (Lipinski definition) is 57. The fourth-order valence-corrected chi connectivity index (χ4v) is 14.1. The summed E-state index contributed by atoms with van der Waals surface area (Å²) >= 11 is 0. The second-order valence-corrected chi connectivity index (χ2v) is 31.7. The Labute approximate surface area is 749 Å². The van der Waals surface area contributed by atoms with Crippen LogP contribution in [0, 0.1) is 12.3 Å². The van der Waals surface area contributed by atoms with E-state index in [1.54, 1.807) is 20.8 Å². The molecule has 0 amide bonds. The maximum Gasteiger partial charge on any atom is 0.318 e. The normalized spacial score (nSPS) is 46.2. The molecule has 32 N–H and O–H groups in total. The fraction of sp³-hybridized carbons (Fsp3) is 0.907. The van der Waals surface area contributed by atoms with Gasteiger partial charge in [-0.1, -0.05) is 26.7 Å². The molecular weight excluding hydrogens is 1810 g/mol. The van der Waals surface area contributed by atoms with Gasteiger partial charge in [0.1, 0.15) is 265 Å². The van der Waals surface area contributed by atoms with E-state index in [0.717, 1.165) is 27.7 Å². The van der Waals surface area contributed by atoms with Crippen LogP contribution >= 0.6 is 0 Å². The second-order valence-electron chi connectivity index (χ2n) is 31.7. The van der Waals surface area contributed by atoms with Crippen LogP contribution < -0.4 is 0 Å². The minimum atomic E-state index is -1.79. The molecule has 50 atom stereocenters. The van der Waals surface area contributed by atoms with E-state index in [1.165, 1.54) is 0 Å². The smallest absolute Gasteiger partial charge is 0.318 e. The number of esters is 5. The molecular formula is C75H126O57. The Bertz CT molecular complexity index is 3120. The SMILES string of the molecule is C#CCC(=O)OCC1O[C@H](O[C@H]2OC(CO)[C@@H](O)C(O)[C@H]2O)C(O)[C@@H](O)[C@@H]1O.CC(=O)OCC1O[C@H](O[C@H]2OC(CO)[C@@H](O)C(O)[C@H]2O)C(O)[C@@H](O)[C@@H]1O.CCC1O[C@H](O[C@H]2OC(COC(C)=O)[C@@H](O)[C@H](O)C2O)[C@H](O)C(O)[C@@H]1O.CCC1O[C@H](O[C@H]2OC(COC(C)=O)[C@@H](O)[C@H](O)C2O)[C@H](O)C(O)[C@@H]1O.CCC1O[C@H](O[C@H]2OC(COC(C)=O)[C@@H](O)[C@H](O)C2O)[C@H](O)C(O)[C@@H]1O. The van der Waals surface area contributed by atoms with Gasteiger partial charge in [0.05, 0.1) is 31.5 Å². The Morgan fingerprint density at radius 3 is 0.500 bits per heavy atom. The highest BCUT2D eigenvalue weighted by molar-refractivity contribution is 5.72. The molecule has 0 aromatic carbocycles. The van der Waals surface area contributed by atoms with Crippen LogP contribution in [0.5, 0.6) is 0 Å². The number of ether oxygens (including phenoxy) is 20. The highest BCUT2D eigenvalue weighted by Crippen LogP contribution is 2.36. The molecule has 0 bridgehead atoms. The van der Waals surface area contributed by atoms with Crippen LogP contribution in [0.1, 0.15) is 74.1 Å². The van der Waals surface area contributed by atoms with Gasteiger partial charge in [-0.25, -0.2) is 0 Å². The van der Waals surface area contributed by atoms with E-state index in [9.17, 15) is 182 Å². The van der Waals surface area contributed by atoms with Gasteiger partial charge >= 0.3 is 29.8 Å². The number of hydrogen-bond donors (Lipinski definition) is 32. The van der Waals surface area contributed by atoms with Gasteiger partial charge in [-0.15, -0.1) is 6.42 Å². The number of terminal acetylenes is 1.